The van der Waals surface area contributed by atoms with E-state index in [1.807, 2.05) is 24.3 Å². The van der Waals surface area contributed by atoms with Gasteiger partial charge in [0, 0.05) is 43.6 Å². The second-order valence-electron chi connectivity index (χ2n) is 7.24. The summed E-state index contributed by atoms with van der Waals surface area (Å²) in [6, 6.07) is 16.6. The Morgan fingerprint density at radius 2 is 1.82 bits per heavy atom. The van der Waals surface area contributed by atoms with Crippen LogP contribution in [-0.2, 0) is 0 Å². The summed E-state index contributed by atoms with van der Waals surface area (Å²) >= 11 is 4.86. The van der Waals surface area contributed by atoms with Crippen molar-refractivity contribution in [2.24, 2.45) is 5.73 Å². The summed E-state index contributed by atoms with van der Waals surface area (Å²) in [5.74, 6) is 0.841. The highest BCUT2D eigenvalue weighted by Gasteiger charge is 2.16. The number of aryl methyl sites for hydroxylation is 1. The minimum Gasteiger partial charge on any atom is -0.494 e. The summed E-state index contributed by atoms with van der Waals surface area (Å²) in [7, 11) is 0. The summed E-state index contributed by atoms with van der Waals surface area (Å²) in [4.78, 5) is 5.03. The van der Waals surface area contributed by atoms with E-state index in [1.165, 1.54) is 11.3 Å². The van der Waals surface area contributed by atoms with E-state index in [4.69, 9.17) is 22.7 Å². The van der Waals surface area contributed by atoms with Gasteiger partial charge in [0.2, 0.25) is 0 Å². The lowest BCUT2D eigenvalue weighted by molar-refractivity contribution is 0.238. The molecule has 150 valence electrons. The first-order chi connectivity index (χ1) is 13.6. The number of ether oxygens (including phenoxy) is 1. The molecule has 2 aromatic rings. The molecule has 0 amide bonds. The average molecular weight is 399 g/mol. The number of nitrogens with one attached hydrogen (secondary N) is 1. The summed E-state index contributed by atoms with van der Waals surface area (Å²) in [5.41, 5.74) is 9.02. The second kappa shape index (κ2) is 10.3. The molecule has 0 aromatic heterocycles. The van der Waals surface area contributed by atoms with Crippen LogP contribution < -0.4 is 20.7 Å². The van der Waals surface area contributed by atoms with Crippen LogP contribution in [0.5, 0.6) is 5.75 Å². The van der Waals surface area contributed by atoms with Gasteiger partial charge in [-0.05, 0) is 62.8 Å². The van der Waals surface area contributed by atoms with Gasteiger partial charge in [-0.3, -0.25) is 4.90 Å². The van der Waals surface area contributed by atoms with Crippen LogP contribution >= 0.6 is 12.2 Å². The van der Waals surface area contributed by atoms with Crippen molar-refractivity contribution in [2.75, 3.05) is 49.5 Å². The molecule has 28 heavy (non-hydrogen) atoms. The fourth-order valence-electron chi connectivity index (χ4n) is 3.42. The van der Waals surface area contributed by atoms with E-state index in [9.17, 15) is 0 Å². The quantitative estimate of drug-likeness (QED) is 0.523. The molecule has 1 saturated heterocycles. The van der Waals surface area contributed by atoms with Gasteiger partial charge < -0.3 is 20.7 Å². The Hall–Kier alpha value is -2.31. The van der Waals surface area contributed by atoms with Crippen LogP contribution in [-0.4, -0.2) is 49.3 Å². The standard InChI is InChI=1S/C22H30N4OS/c1-18-7-9-20(10-8-18)26-14-12-25(13-15-26)11-2-3-16-27-21-6-4-5-19(17-21)24-22(23)28/h4-10,17H,2-3,11-16H2,1H3,(H3,23,24,28). The Bertz CT molecular complexity index is 757. The fourth-order valence-corrected chi connectivity index (χ4v) is 3.54. The number of thiocarbonyl (C=S) groups is 1. The Balaban J connectivity index is 1.31. The molecule has 2 aromatic carbocycles. The molecule has 3 rings (SSSR count). The lowest BCUT2D eigenvalue weighted by atomic mass is 10.2. The van der Waals surface area contributed by atoms with Gasteiger partial charge in [0.05, 0.1) is 6.61 Å². The van der Waals surface area contributed by atoms with E-state index in [0.717, 1.165) is 63.6 Å². The third-order valence-corrected chi connectivity index (χ3v) is 5.11. The number of hydrogen-bond donors (Lipinski definition) is 2. The SMILES string of the molecule is Cc1ccc(N2CCN(CCCCOc3cccc(NC(N)=S)c3)CC2)cc1. The van der Waals surface area contributed by atoms with Gasteiger partial charge in [-0.2, -0.15) is 0 Å². The van der Waals surface area contributed by atoms with Gasteiger partial charge in [0.15, 0.2) is 5.11 Å². The number of rotatable bonds is 8. The maximum Gasteiger partial charge on any atom is 0.168 e. The first kappa shape index (κ1) is 20.4. The molecule has 1 fully saturated rings. The molecule has 1 aliphatic heterocycles. The highest BCUT2D eigenvalue weighted by molar-refractivity contribution is 7.80. The predicted molar refractivity (Wildman–Crippen MR) is 121 cm³/mol. The van der Waals surface area contributed by atoms with E-state index >= 15 is 0 Å². The molecule has 1 heterocycles. The van der Waals surface area contributed by atoms with Gasteiger partial charge in [0.25, 0.3) is 0 Å². The smallest absolute Gasteiger partial charge is 0.168 e. The largest absolute Gasteiger partial charge is 0.494 e. The van der Waals surface area contributed by atoms with Gasteiger partial charge in [0.1, 0.15) is 5.75 Å². The van der Waals surface area contributed by atoms with Gasteiger partial charge in [-0.25, -0.2) is 0 Å². The summed E-state index contributed by atoms with van der Waals surface area (Å²) in [5, 5.41) is 3.19. The summed E-state index contributed by atoms with van der Waals surface area (Å²) in [6.07, 6.45) is 2.19. The number of benzene rings is 2. The van der Waals surface area contributed by atoms with E-state index in [2.05, 4.69) is 46.3 Å². The maximum atomic E-state index is 5.85. The highest BCUT2D eigenvalue weighted by atomic mass is 32.1. The van der Waals surface area contributed by atoms with Crippen molar-refractivity contribution >= 4 is 28.7 Å². The van der Waals surface area contributed by atoms with Crippen LogP contribution in [0.2, 0.25) is 0 Å². The van der Waals surface area contributed by atoms with Crippen molar-refractivity contribution in [3.8, 4) is 5.75 Å². The Labute approximate surface area is 173 Å². The van der Waals surface area contributed by atoms with Gasteiger partial charge >= 0.3 is 0 Å². The zero-order valence-corrected chi connectivity index (χ0v) is 17.4. The minimum absolute atomic E-state index is 0.264. The number of piperazine rings is 1. The minimum atomic E-state index is 0.264. The van der Waals surface area contributed by atoms with Crippen LogP contribution in [0.4, 0.5) is 11.4 Å². The van der Waals surface area contributed by atoms with E-state index in [1.54, 1.807) is 0 Å². The summed E-state index contributed by atoms with van der Waals surface area (Å²) < 4.78 is 5.85. The van der Waals surface area contributed by atoms with Gasteiger partial charge in [-0.1, -0.05) is 23.8 Å². The number of anilines is 2. The van der Waals surface area contributed by atoms with Crippen LogP contribution in [0.25, 0.3) is 0 Å². The Morgan fingerprint density at radius 3 is 2.54 bits per heavy atom. The molecular weight excluding hydrogens is 368 g/mol. The van der Waals surface area contributed by atoms with Crippen LogP contribution in [0.1, 0.15) is 18.4 Å². The molecule has 0 bridgehead atoms. The molecule has 0 aliphatic carbocycles. The Morgan fingerprint density at radius 1 is 1.07 bits per heavy atom. The van der Waals surface area contributed by atoms with E-state index in [-0.39, 0.29) is 5.11 Å². The molecule has 5 nitrogen and oxygen atoms in total. The maximum absolute atomic E-state index is 5.85. The van der Waals surface area contributed by atoms with Gasteiger partial charge in [-0.15, -0.1) is 0 Å². The molecule has 3 N–H and O–H groups in total. The first-order valence-corrected chi connectivity index (χ1v) is 10.3. The lowest BCUT2D eigenvalue weighted by Crippen LogP contribution is -2.46. The molecule has 0 radical (unpaired) electrons. The zero-order valence-electron chi connectivity index (χ0n) is 16.6. The predicted octanol–water partition coefficient (Wildman–Crippen LogP) is 3.63. The molecule has 0 atom stereocenters. The fraction of sp³-hybridized carbons (Fsp3) is 0.409. The third kappa shape index (κ3) is 6.39. The van der Waals surface area contributed by atoms with E-state index in [0.29, 0.717) is 0 Å². The normalized spacial score (nSPS) is 14.7. The third-order valence-electron chi connectivity index (χ3n) is 5.01. The van der Waals surface area contributed by atoms with Crippen molar-refractivity contribution in [2.45, 2.75) is 19.8 Å². The van der Waals surface area contributed by atoms with Crippen LogP contribution in [0, 0.1) is 6.92 Å². The number of unbranched alkanes of at least 4 members (excludes halogenated alkanes) is 1. The van der Waals surface area contributed by atoms with Crippen LogP contribution in [0.15, 0.2) is 48.5 Å². The highest BCUT2D eigenvalue weighted by Crippen LogP contribution is 2.18. The lowest BCUT2D eigenvalue weighted by Gasteiger charge is -2.36. The van der Waals surface area contributed by atoms with Crippen molar-refractivity contribution in [1.82, 2.24) is 4.90 Å². The molecule has 1 aliphatic rings. The average Bonchev–Trinajstić information content (AvgIpc) is 2.69. The Kier molecular flexibility index (Phi) is 7.51. The van der Waals surface area contributed by atoms with Crippen molar-refractivity contribution < 1.29 is 4.74 Å². The van der Waals surface area contributed by atoms with Crippen molar-refractivity contribution in [3.63, 3.8) is 0 Å². The second-order valence-corrected chi connectivity index (χ2v) is 7.68. The monoisotopic (exact) mass is 398 g/mol. The summed E-state index contributed by atoms with van der Waals surface area (Å²) in [6.45, 7) is 8.44. The molecule has 0 unspecified atom stereocenters. The topological polar surface area (TPSA) is 53.8 Å². The first-order valence-electron chi connectivity index (χ1n) is 9.93. The van der Waals surface area contributed by atoms with Crippen molar-refractivity contribution in [3.05, 3.63) is 54.1 Å². The number of nitrogens with zero attached hydrogens (tertiary/aromatic N) is 2. The van der Waals surface area contributed by atoms with Crippen molar-refractivity contribution in [1.29, 1.82) is 0 Å². The molecule has 6 heteroatoms. The number of nitrogens with two attached hydrogens (primary N) is 1. The molecular formula is C22H30N4OS. The van der Waals surface area contributed by atoms with Crippen LogP contribution in [0.3, 0.4) is 0 Å². The molecule has 0 saturated carbocycles. The van der Waals surface area contributed by atoms with E-state index < -0.39 is 0 Å². The zero-order chi connectivity index (χ0) is 19.8. The molecule has 0 spiro atoms. The number of hydrogen-bond acceptors (Lipinski definition) is 4.